The summed E-state index contributed by atoms with van der Waals surface area (Å²) in [6.45, 7) is 2.01. The molecule has 2 atom stereocenters. The highest BCUT2D eigenvalue weighted by Crippen LogP contribution is 2.26. The van der Waals surface area contributed by atoms with Crippen LogP contribution < -0.4 is 10.5 Å². The molecule has 0 saturated carbocycles. The summed E-state index contributed by atoms with van der Waals surface area (Å²) < 4.78 is 5.92. The van der Waals surface area contributed by atoms with Crippen LogP contribution in [0.2, 0.25) is 0 Å². The van der Waals surface area contributed by atoms with Gasteiger partial charge in [0.15, 0.2) is 0 Å². The van der Waals surface area contributed by atoms with Gasteiger partial charge in [-0.3, -0.25) is 0 Å². The largest absolute Gasteiger partial charge is 0.486 e. The maximum atomic E-state index is 9.45. The second-order valence-electron chi connectivity index (χ2n) is 4.77. The van der Waals surface area contributed by atoms with Crippen LogP contribution in [-0.4, -0.2) is 23.9 Å². The van der Waals surface area contributed by atoms with Crippen LogP contribution in [0.4, 0.5) is 0 Å². The third-order valence-corrected chi connectivity index (χ3v) is 3.31. The summed E-state index contributed by atoms with van der Waals surface area (Å²) in [6.07, 6.45) is 1.47. The van der Waals surface area contributed by atoms with Gasteiger partial charge in [-0.05, 0) is 17.9 Å². The molecule has 3 heteroatoms. The Morgan fingerprint density at radius 3 is 2.63 bits per heavy atom. The van der Waals surface area contributed by atoms with E-state index in [9.17, 15) is 5.11 Å². The van der Waals surface area contributed by atoms with Crippen LogP contribution in [-0.2, 0) is 0 Å². The van der Waals surface area contributed by atoms with Crippen molar-refractivity contribution in [3.63, 3.8) is 0 Å². The molecule has 102 valence electrons. The topological polar surface area (TPSA) is 55.5 Å². The number of aliphatic hydroxyl groups is 1. The molecule has 2 aromatic rings. The standard InChI is InChI=1S/C16H21NO2/c1-2-6-14(17)16(11-18)19-15-10-5-8-12-7-3-4-9-13(12)15/h3-5,7-10,14,16,18H,2,6,11,17H2,1H3. The van der Waals surface area contributed by atoms with E-state index < -0.39 is 0 Å². The zero-order valence-corrected chi connectivity index (χ0v) is 11.3. The van der Waals surface area contributed by atoms with Crippen LogP contribution in [0.15, 0.2) is 42.5 Å². The Labute approximate surface area is 114 Å². The third kappa shape index (κ3) is 3.25. The van der Waals surface area contributed by atoms with Crippen LogP contribution in [0.3, 0.4) is 0 Å². The predicted molar refractivity (Wildman–Crippen MR) is 78.3 cm³/mol. The zero-order valence-electron chi connectivity index (χ0n) is 11.3. The maximum absolute atomic E-state index is 9.45. The fourth-order valence-electron chi connectivity index (χ4n) is 2.24. The minimum Gasteiger partial charge on any atom is -0.486 e. The highest BCUT2D eigenvalue weighted by Gasteiger charge is 2.18. The molecule has 3 N–H and O–H groups in total. The molecule has 0 spiro atoms. The van der Waals surface area contributed by atoms with E-state index in [0.717, 1.165) is 29.4 Å². The Balaban J connectivity index is 2.24. The second kappa shape index (κ2) is 6.55. The first-order valence-corrected chi connectivity index (χ1v) is 6.77. The molecule has 0 amide bonds. The molecule has 0 aromatic heterocycles. The van der Waals surface area contributed by atoms with Gasteiger partial charge in [-0.15, -0.1) is 0 Å². The van der Waals surface area contributed by atoms with Crippen LogP contribution in [0.5, 0.6) is 5.75 Å². The second-order valence-corrected chi connectivity index (χ2v) is 4.77. The Hall–Kier alpha value is -1.58. The Bertz CT molecular complexity index is 522. The molecule has 0 heterocycles. The van der Waals surface area contributed by atoms with Crippen LogP contribution in [0.1, 0.15) is 19.8 Å². The van der Waals surface area contributed by atoms with Gasteiger partial charge in [0, 0.05) is 11.4 Å². The van der Waals surface area contributed by atoms with Gasteiger partial charge in [-0.25, -0.2) is 0 Å². The number of ether oxygens (including phenoxy) is 1. The number of fused-ring (bicyclic) bond motifs is 1. The van der Waals surface area contributed by atoms with Gasteiger partial charge >= 0.3 is 0 Å². The van der Waals surface area contributed by atoms with Gasteiger partial charge in [0.25, 0.3) is 0 Å². The van der Waals surface area contributed by atoms with E-state index in [1.165, 1.54) is 0 Å². The molecule has 0 radical (unpaired) electrons. The molecule has 3 nitrogen and oxygen atoms in total. The van der Waals surface area contributed by atoms with Crippen LogP contribution in [0, 0.1) is 0 Å². The van der Waals surface area contributed by atoms with Gasteiger partial charge in [-0.2, -0.15) is 0 Å². The molecule has 0 aliphatic carbocycles. The quantitative estimate of drug-likeness (QED) is 0.838. The van der Waals surface area contributed by atoms with E-state index in [0.29, 0.717) is 0 Å². The van der Waals surface area contributed by atoms with Crippen LogP contribution in [0.25, 0.3) is 10.8 Å². The number of hydrogen-bond acceptors (Lipinski definition) is 3. The van der Waals surface area contributed by atoms with Crippen molar-refractivity contribution in [1.82, 2.24) is 0 Å². The molecule has 19 heavy (non-hydrogen) atoms. The Kier molecular flexibility index (Phi) is 4.77. The third-order valence-electron chi connectivity index (χ3n) is 3.31. The fourth-order valence-corrected chi connectivity index (χ4v) is 2.24. The van der Waals surface area contributed by atoms with E-state index in [1.807, 2.05) is 42.5 Å². The van der Waals surface area contributed by atoms with Gasteiger partial charge < -0.3 is 15.6 Å². The van der Waals surface area contributed by atoms with E-state index >= 15 is 0 Å². The zero-order chi connectivity index (χ0) is 13.7. The normalized spacial score (nSPS) is 14.3. The van der Waals surface area contributed by atoms with Crippen molar-refractivity contribution in [1.29, 1.82) is 0 Å². The number of hydrogen-bond donors (Lipinski definition) is 2. The monoisotopic (exact) mass is 259 g/mol. The molecule has 0 aliphatic heterocycles. The smallest absolute Gasteiger partial charge is 0.137 e. The predicted octanol–water partition coefficient (Wildman–Crippen LogP) is 2.71. The van der Waals surface area contributed by atoms with Crippen molar-refractivity contribution in [2.24, 2.45) is 5.73 Å². The van der Waals surface area contributed by atoms with Crippen LogP contribution >= 0.6 is 0 Å². The lowest BCUT2D eigenvalue weighted by Crippen LogP contribution is -2.41. The summed E-state index contributed by atoms with van der Waals surface area (Å²) in [4.78, 5) is 0. The molecule has 2 rings (SSSR count). The molecule has 0 saturated heterocycles. The van der Waals surface area contributed by atoms with E-state index in [4.69, 9.17) is 10.5 Å². The number of benzene rings is 2. The number of rotatable bonds is 6. The molecular formula is C16H21NO2. The summed E-state index contributed by atoms with van der Waals surface area (Å²) in [5.41, 5.74) is 6.05. The molecule has 0 aliphatic rings. The molecule has 0 fully saturated rings. The Morgan fingerprint density at radius 1 is 1.16 bits per heavy atom. The van der Waals surface area contributed by atoms with Crippen molar-refractivity contribution in [3.8, 4) is 5.75 Å². The maximum Gasteiger partial charge on any atom is 0.137 e. The van der Waals surface area contributed by atoms with E-state index in [-0.39, 0.29) is 18.8 Å². The number of aliphatic hydroxyl groups excluding tert-OH is 1. The SMILES string of the molecule is CCCC(N)C(CO)Oc1cccc2ccccc12. The lowest BCUT2D eigenvalue weighted by atomic mass is 10.1. The number of nitrogens with two attached hydrogens (primary N) is 1. The van der Waals surface area contributed by atoms with Gasteiger partial charge in [0.2, 0.25) is 0 Å². The average Bonchev–Trinajstić information content (AvgIpc) is 2.45. The molecule has 0 bridgehead atoms. The fraction of sp³-hybridized carbons (Fsp3) is 0.375. The Morgan fingerprint density at radius 2 is 1.89 bits per heavy atom. The first kappa shape index (κ1) is 13.8. The average molecular weight is 259 g/mol. The van der Waals surface area contributed by atoms with Gasteiger partial charge in [0.1, 0.15) is 11.9 Å². The first-order valence-electron chi connectivity index (χ1n) is 6.77. The van der Waals surface area contributed by atoms with Crippen molar-refractivity contribution in [3.05, 3.63) is 42.5 Å². The van der Waals surface area contributed by atoms with Gasteiger partial charge in [0.05, 0.1) is 6.61 Å². The van der Waals surface area contributed by atoms with Gasteiger partial charge in [-0.1, -0.05) is 49.7 Å². The highest BCUT2D eigenvalue weighted by molar-refractivity contribution is 5.88. The first-order chi connectivity index (χ1) is 9.26. The molecular weight excluding hydrogens is 238 g/mol. The lowest BCUT2D eigenvalue weighted by molar-refractivity contribution is 0.0930. The minimum absolute atomic E-state index is 0.0651. The van der Waals surface area contributed by atoms with E-state index in [2.05, 4.69) is 6.92 Å². The summed E-state index contributed by atoms with van der Waals surface area (Å²) in [5.74, 6) is 0.781. The molecule has 2 unspecified atom stereocenters. The summed E-state index contributed by atoms with van der Waals surface area (Å²) in [6, 6.07) is 13.8. The summed E-state index contributed by atoms with van der Waals surface area (Å²) in [7, 11) is 0. The van der Waals surface area contributed by atoms with Crippen molar-refractivity contribution in [2.75, 3.05) is 6.61 Å². The highest BCUT2D eigenvalue weighted by atomic mass is 16.5. The van der Waals surface area contributed by atoms with Crippen molar-refractivity contribution < 1.29 is 9.84 Å². The van der Waals surface area contributed by atoms with Crippen molar-refractivity contribution in [2.45, 2.75) is 31.9 Å². The van der Waals surface area contributed by atoms with E-state index in [1.54, 1.807) is 0 Å². The summed E-state index contributed by atoms with van der Waals surface area (Å²) >= 11 is 0. The minimum atomic E-state index is -0.356. The van der Waals surface area contributed by atoms with Crippen molar-refractivity contribution >= 4 is 10.8 Å². The summed E-state index contributed by atoms with van der Waals surface area (Å²) in [5, 5.41) is 11.6. The molecule has 2 aromatic carbocycles. The lowest BCUT2D eigenvalue weighted by Gasteiger charge is -2.23.